The van der Waals surface area contributed by atoms with Crippen LogP contribution in [0.2, 0.25) is 0 Å². The minimum atomic E-state index is -0.511. The highest BCUT2D eigenvalue weighted by atomic mass is 16.2. The van der Waals surface area contributed by atoms with Crippen molar-refractivity contribution in [1.82, 2.24) is 0 Å². The van der Waals surface area contributed by atoms with Crippen molar-refractivity contribution >= 4 is 28.9 Å². The number of nitrogens with zero attached hydrogens (tertiary/aromatic N) is 1. The predicted octanol–water partition coefficient (Wildman–Crippen LogP) is 1.69. The lowest BCUT2D eigenvalue weighted by Gasteiger charge is -2.17. The minimum absolute atomic E-state index is 0.275. The number of nitrogens with one attached hydrogen (secondary N) is 1. The summed E-state index contributed by atoms with van der Waals surface area (Å²) in [6.45, 7) is 0. The molecule has 0 fully saturated rings. The fraction of sp³-hybridized carbons (Fsp3) is 0.125. The van der Waals surface area contributed by atoms with Crippen LogP contribution < -0.4 is 21.7 Å². The van der Waals surface area contributed by atoms with Crippen LogP contribution in [0.25, 0.3) is 0 Å². The number of anilines is 3. The minimum Gasteiger partial charge on any atom is -0.399 e. The van der Waals surface area contributed by atoms with Crippen LogP contribution >= 0.6 is 0 Å². The molecule has 0 radical (unpaired) electrons. The number of primary amides is 1. The summed E-state index contributed by atoms with van der Waals surface area (Å²) in [4.78, 5) is 25.3. The van der Waals surface area contributed by atoms with Crippen molar-refractivity contribution in [2.75, 3.05) is 30.0 Å². The Hall–Kier alpha value is -3.02. The monoisotopic (exact) mass is 298 g/mol. The largest absolute Gasteiger partial charge is 0.399 e. The van der Waals surface area contributed by atoms with Crippen LogP contribution in [0.4, 0.5) is 17.1 Å². The lowest BCUT2D eigenvalue weighted by molar-refractivity contribution is 0.0998. The Morgan fingerprint density at radius 3 is 2.23 bits per heavy atom. The van der Waals surface area contributed by atoms with Crippen molar-refractivity contribution in [2.24, 2.45) is 5.73 Å². The van der Waals surface area contributed by atoms with Crippen LogP contribution in [0.1, 0.15) is 20.7 Å². The predicted molar refractivity (Wildman–Crippen MR) is 88.1 cm³/mol. The molecule has 2 rings (SSSR count). The number of nitrogens with two attached hydrogens (primary N) is 2. The van der Waals surface area contributed by atoms with Crippen molar-refractivity contribution in [2.45, 2.75) is 0 Å². The second-order valence-corrected chi connectivity index (χ2v) is 5.07. The van der Waals surface area contributed by atoms with Gasteiger partial charge in [0, 0.05) is 36.7 Å². The molecule has 0 atom stereocenters. The molecule has 114 valence electrons. The van der Waals surface area contributed by atoms with E-state index in [2.05, 4.69) is 5.32 Å². The maximum Gasteiger partial charge on any atom is 0.257 e. The standard InChI is InChI=1S/C16H18N4O2/c1-20(2)14-8-5-11(17)9-13(14)16(22)19-12-6-3-10(4-7-12)15(18)21/h3-9H,17H2,1-2H3,(H2,18,21)(H,19,22). The first-order valence-corrected chi connectivity index (χ1v) is 6.66. The first-order valence-electron chi connectivity index (χ1n) is 6.66. The molecule has 2 amide bonds. The molecule has 2 aromatic carbocycles. The topological polar surface area (TPSA) is 101 Å². The molecular formula is C16H18N4O2. The van der Waals surface area contributed by atoms with E-state index in [0.29, 0.717) is 22.5 Å². The van der Waals surface area contributed by atoms with Gasteiger partial charge in [-0.05, 0) is 42.5 Å². The van der Waals surface area contributed by atoms with Crippen LogP contribution in [-0.2, 0) is 0 Å². The molecule has 0 saturated carbocycles. The molecule has 6 nitrogen and oxygen atoms in total. The molecule has 0 aliphatic heterocycles. The Balaban J connectivity index is 2.25. The number of rotatable bonds is 4. The first-order chi connectivity index (χ1) is 10.4. The Bertz CT molecular complexity index is 709. The zero-order valence-corrected chi connectivity index (χ0v) is 12.5. The van der Waals surface area contributed by atoms with Gasteiger partial charge in [-0.25, -0.2) is 0 Å². The SMILES string of the molecule is CN(C)c1ccc(N)cc1C(=O)Nc1ccc(C(N)=O)cc1. The summed E-state index contributed by atoms with van der Waals surface area (Å²) in [5, 5.41) is 2.77. The second kappa shape index (κ2) is 6.17. The van der Waals surface area contributed by atoms with Gasteiger partial charge in [0.1, 0.15) is 0 Å². The van der Waals surface area contributed by atoms with Gasteiger partial charge in [0.05, 0.1) is 5.56 Å². The Morgan fingerprint density at radius 2 is 1.68 bits per heavy atom. The van der Waals surface area contributed by atoms with Gasteiger partial charge in [0.25, 0.3) is 5.91 Å². The quantitative estimate of drug-likeness (QED) is 0.747. The number of hydrogen-bond donors (Lipinski definition) is 3. The maximum absolute atomic E-state index is 12.4. The van der Waals surface area contributed by atoms with Crippen LogP contribution in [0.3, 0.4) is 0 Å². The number of carbonyl (C=O) groups is 2. The molecule has 22 heavy (non-hydrogen) atoms. The zero-order valence-electron chi connectivity index (χ0n) is 12.5. The van der Waals surface area contributed by atoms with E-state index in [0.717, 1.165) is 5.69 Å². The fourth-order valence-electron chi connectivity index (χ4n) is 2.04. The summed E-state index contributed by atoms with van der Waals surface area (Å²) >= 11 is 0. The molecule has 0 saturated heterocycles. The summed E-state index contributed by atoms with van der Waals surface area (Å²) in [6.07, 6.45) is 0. The Labute approximate surface area is 128 Å². The molecule has 0 spiro atoms. The molecule has 6 heteroatoms. The lowest BCUT2D eigenvalue weighted by atomic mass is 10.1. The number of benzene rings is 2. The van der Waals surface area contributed by atoms with Crippen LogP contribution in [0.15, 0.2) is 42.5 Å². The highest BCUT2D eigenvalue weighted by molar-refractivity contribution is 6.08. The summed E-state index contributed by atoms with van der Waals surface area (Å²) in [6, 6.07) is 11.5. The van der Waals surface area contributed by atoms with Crippen molar-refractivity contribution in [3.05, 3.63) is 53.6 Å². The van der Waals surface area contributed by atoms with E-state index in [1.165, 1.54) is 0 Å². The summed E-state index contributed by atoms with van der Waals surface area (Å²) in [5.74, 6) is -0.786. The van der Waals surface area contributed by atoms with Gasteiger partial charge in [-0.3, -0.25) is 9.59 Å². The van der Waals surface area contributed by atoms with E-state index in [1.807, 2.05) is 19.0 Å². The molecule has 2 aromatic rings. The highest BCUT2D eigenvalue weighted by Crippen LogP contribution is 2.22. The van der Waals surface area contributed by atoms with Gasteiger partial charge in [0.15, 0.2) is 0 Å². The number of nitrogen functional groups attached to an aromatic ring is 1. The van der Waals surface area contributed by atoms with Gasteiger partial charge in [-0.1, -0.05) is 0 Å². The summed E-state index contributed by atoms with van der Waals surface area (Å²) in [5.41, 5.74) is 13.7. The molecule has 0 aliphatic rings. The van der Waals surface area contributed by atoms with E-state index in [4.69, 9.17) is 11.5 Å². The fourth-order valence-corrected chi connectivity index (χ4v) is 2.04. The van der Waals surface area contributed by atoms with E-state index in [9.17, 15) is 9.59 Å². The number of hydrogen-bond acceptors (Lipinski definition) is 4. The third-order valence-electron chi connectivity index (χ3n) is 3.17. The normalized spacial score (nSPS) is 10.1. The van der Waals surface area contributed by atoms with E-state index in [-0.39, 0.29) is 5.91 Å². The average Bonchev–Trinajstić information content (AvgIpc) is 2.47. The third kappa shape index (κ3) is 3.35. The molecule has 0 aliphatic carbocycles. The van der Waals surface area contributed by atoms with Crippen LogP contribution in [0.5, 0.6) is 0 Å². The summed E-state index contributed by atoms with van der Waals surface area (Å²) in [7, 11) is 3.70. The van der Waals surface area contributed by atoms with Crippen molar-refractivity contribution in [3.8, 4) is 0 Å². The maximum atomic E-state index is 12.4. The van der Waals surface area contributed by atoms with E-state index >= 15 is 0 Å². The third-order valence-corrected chi connectivity index (χ3v) is 3.17. The van der Waals surface area contributed by atoms with Gasteiger partial charge in [0.2, 0.25) is 5.91 Å². The summed E-state index contributed by atoms with van der Waals surface area (Å²) < 4.78 is 0. The van der Waals surface area contributed by atoms with Gasteiger partial charge < -0.3 is 21.7 Å². The zero-order chi connectivity index (χ0) is 16.3. The molecule has 0 heterocycles. The van der Waals surface area contributed by atoms with Crippen molar-refractivity contribution < 1.29 is 9.59 Å². The molecule has 5 N–H and O–H groups in total. The van der Waals surface area contributed by atoms with Crippen molar-refractivity contribution in [1.29, 1.82) is 0 Å². The van der Waals surface area contributed by atoms with Crippen molar-refractivity contribution in [3.63, 3.8) is 0 Å². The van der Waals surface area contributed by atoms with Crippen LogP contribution in [-0.4, -0.2) is 25.9 Å². The molecular weight excluding hydrogens is 280 g/mol. The van der Waals surface area contributed by atoms with E-state index in [1.54, 1.807) is 42.5 Å². The first kappa shape index (κ1) is 15.4. The number of carbonyl (C=O) groups excluding carboxylic acids is 2. The van der Waals surface area contributed by atoms with E-state index < -0.39 is 5.91 Å². The second-order valence-electron chi connectivity index (χ2n) is 5.07. The van der Waals surface area contributed by atoms with Crippen LogP contribution in [0, 0.1) is 0 Å². The van der Waals surface area contributed by atoms with Gasteiger partial charge >= 0.3 is 0 Å². The lowest BCUT2D eigenvalue weighted by Crippen LogP contribution is -2.19. The molecule has 0 unspecified atom stereocenters. The number of amides is 2. The van der Waals surface area contributed by atoms with Gasteiger partial charge in [-0.2, -0.15) is 0 Å². The molecule has 0 aromatic heterocycles. The molecule has 0 bridgehead atoms. The van der Waals surface area contributed by atoms with Gasteiger partial charge in [-0.15, -0.1) is 0 Å². The highest BCUT2D eigenvalue weighted by Gasteiger charge is 2.14. The Morgan fingerprint density at radius 1 is 1.05 bits per heavy atom. The average molecular weight is 298 g/mol. The smallest absolute Gasteiger partial charge is 0.257 e. The Kier molecular flexibility index (Phi) is 4.31.